The standard InChI is InChI=1S/C34H35N3O/c1-7-13-29-28(8-2)36(5)34-26-15-10-9-14-25(26)27-20-23(21-31(27)37(29)34)24-18-17-22(3)33(38-6)32(24)30-16-11-12-19-35(30)4/h7-19,21,27,31H,2,20H2,1,3-6H3/q+2/b13-7-. The monoisotopic (exact) mass is 501 g/mol. The van der Waals surface area contributed by atoms with Crippen LogP contribution in [0.3, 0.4) is 0 Å². The van der Waals surface area contributed by atoms with Crippen LogP contribution in [0.1, 0.15) is 53.4 Å². The molecule has 1 aliphatic carbocycles. The molecule has 4 heteroatoms. The van der Waals surface area contributed by atoms with Crippen molar-refractivity contribution >= 4 is 17.7 Å². The quantitative estimate of drug-likeness (QED) is 0.283. The summed E-state index contributed by atoms with van der Waals surface area (Å²) in [6, 6.07) is 20.0. The van der Waals surface area contributed by atoms with Crippen LogP contribution in [0.15, 0.2) is 79.5 Å². The lowest BCUT2D eigenvalue weighted by Gasteiger charge is -2.26. The van der Waals surface area contributed by atoms with Crippen LogP contribution in [0.2, 0.25) is 0 Å². The number of ether oxygens (including phenoxy) is 1. The van der Waals surface area contributed by atoms with Gasteiger partial charge < -0.3 is 4.74 Å². The first-order valence-electron chi connectivity index (χ1n) is 13.3. The number of aryl methyl sites for hydroxylation is 2. The van der Waals surface area contributed by atoms with Crippen LogP contribution in [0.5, 0.6) is 5.75 Å². The number of allylic oxidation sites excluding steroid dienone is 3. The third kappa shape index (κ3) is 3.43. The smallest absolute Gasteiger partial charge is 0.290 e. The maximum atomic E-state index is 6.03. The average Bonchev–Trinajstić information content (AvgIpc) is 3.48. The number of aromatic nitrogens is 3. The molecule has 0 saturated carbocycles. The molecule has 2 atom stereocenters. The second-order valence-corrected chi connectivity index (χ2v) is 10.3. The molecule has 1 aliphatic heterocycles. The van der Waals surface area contributed by atoms with E-state index in [-0.39, 0.29) is 6.04 Å². The minimum atomic E-state index is 0.214. The minimum Gasteiger partial charge on any atom is -0.496 e. The largest absolute Gasteiger partial charge is 0.496 e. The van der Waals surface area contributed by atoms with Crippen molar-refractivity contribution in [2.24, 2.45) is 14.1 Å². The summed E-state index contributed by atoms with van der Waals surface area (Å²) in [6.45, 7) is 8.37. The molecule has 0 fully saturated rings. The number of methoxy groups -OCH3 is 1. The molecule has 0 N–H and O–H groups in total. The van der Waals surface area contributed by atoms with Gasteiger partial charge in [0.25, 0.3) is 5.82 Å². The molecule has 0 bridgehead atoms. The van der Waals surface area contributed by atoms with Crippen LogP contribution in [-0.2, 0) is 14.1 Å². The number of hydrogen-bond acceptors (Lipinski definition) is 1. The maximum Gasteiger partial charge on any atom is 0.290 e. The van der Waals surface area contributed by atoms with Crippen molar-refractivity contribution in [3.8, 4) is 28.4 Å². The van der Waals surface area contributed by atoms with Crippen molar-refractivity contribution in [1.29, 1.82) is 0 Å². The Morgan fingerprint density at radius 1 is 1.03 bits per heavy atom. The summed E-state index contributed by atoms with van der Waals surface area (Å²) in [5, 5.41) is 0. The van der Waals surface area contributed by atoms with Crippen LogP contribution in [0.4, 0.5) is 0 Å². The van der Waals surface area contributed by atoms with Gasteiger partial charge >= 0.3 is 0 Å². The third-order valence-corrected chi connectivity index (χ3v) is 8.29. The molecule has 2 aromatic heterocycles. The highest BCUT2D eigenvalue weighted by molar-refractivity contribution is 5.86. The Morgan fingerprint density at radius 3 is 2.55 bits per heavy atom. The van der Waals surface area contributed by atoms with Crippen molar-refractivity contribution in [1.82, 2.24) is 4.57 Å². The van der Waals surface area contributed by atoms with Gasteiger partial charge in [-0.25, -0.2) is 13.7 Å². The van der Waals surface area contributed by atoms with Gasteiger partial charge in [-0.2, -0.15) is 0 Å². The molecule has 6 rings (SSSR count). The Labute approximate surface area is 225 Å². The first-order chi connectivity index (χ1) is 18.5. The van der Waals surface area contributed by atoms with Crippen LogP contribution < -0.4 is 13.9 Å². The van der Waals surface area contributed by atoms with Gasteiger partial charge in [-0.3, -0.25) is 0 Å². The second kappa shape index (κ2) is 9.29. The Bertz CT molecular complexity index is 1650. The predicted molar refractivity (Wildman–Crippen MR) is 155 cm³/mol. The van der Waals surface area contributed by atoms with Gasteiger partial charge in [0.15, 0.2) is 17.6 Å². The topological polar surface area (TPSA) is 21.9 Å². The maximum absolute atomic E-state index is 6.03. The van der Waals surface area contributed by atoms with Gasteiger partial charge in [0.05, 0.1) is 25.3 Å². The lowest BCUT2D eigenvalue weighted by Crippen LogP contribution is -2.35. The van der Waals surface area contributed by atoms with E-state index in [0.717, 1.165) is 34.7 Å². The Morgan fingerprint density at radius 2 is 1.82 bits per heavy atom. The summed E-state index contributed by atoms with van der Waals surface area (Å²) >= 11 is 0. The minimum absolute atomic E-state index is 0.214. The van der Waals surface area contributed by atoms with Gasteiger partial charge in [-0.15, -0.1) is 0 Å². The van der Waals surface area contributed by atoms with Crippen molar-refractivity contribution in [3.05, 3.63) is 108 Å². The van der Waals surface area contributed by atoms with E-state index in [4.69, 9.17) is 4.74 Å². The van der Waals surface area contributed by atoms with Crippen molar-refractivity contribution < 1.29 is 13.9 Å². The summed E-state index contributed by atoms with van der Waals surface area (Å²) in [6.07, 6.45) is 11.9. The number of rotatable bonds is 5. The van der Waals surface area contributed by atoms with E-state index in [2.05, 4.69) is 127 Å². The Kier molecular flexibility index (Phi) is 5.91. The molecule has 38 heavy (non-hydrogen) atoms. The Hall–Kier alpha value is -4.18. The van der Waals surface area contributed by atoms with Crippen molar-refractivity contribution in [2.75, 3.05) is 7.11 Å². The lowest BCUT2D eigenvalue weighted by molar-refractivity contribution is -0.661. The zero-order valence-electron chi connectivity index (χ0n) is 22.9. The van der Waals surface area contributed by atoms with E-state index in [1.165, 1.54) is 33.8 Å². The number of nitrogens with zero attached hydrogens (tertiary/aromatic N) is 3. The zero-order valence-corrected chi connectivity index (χ0v) is 22.9. The molecule has 0 spiro atoms. The SMILES string of the molecule is C=Cc1c(/C=C\C)n2c([n+]1C)-c1ccccc1C1CC(c3ccc(C)c(OC)c3-c3cccc[n+]3C)=CC12. The number of benzene rings is 2. The molecule has 4 nitrogen and oxygen atoms in total. The number of imidazole rings is 1. The summed E-state index contributed by atoms with van der Waals surface area (Å²) in [5.41, 5.74) is 11.1. The molecule has 2 unspecified atom stereocenters. The van der Waals surface area contributed by atoms with Crippen LogP contribution >= 0.6 is 0 Å². The first-order valence-corrected chi connectivity index (χ1v) is 13.3. The van der Waals surface area contributed by atoms with E-state index in [1.54, 1.807) is 7.11 Å². The molecular weight excluding hydrogens is 466 g/mol. The van der Waals surface area contributed by atoms with Gasteiger partial charge in [-0.05, 0) is 72.9 Å². The van der Waals surface area contributed by atoms with Gasteiger partial charge in [0.1, 0.15) is 18.8 Å². The van der Waals surface area contributed by atoms with Gasteiger partial charge in [0, 0.05) is 18.1 Å². The molecule has 0 radical (unpaired) electrons. The summed E-state index contributed by atoms with van der Waals surface area (Å²) in [4.78, 5) is 0. The highest BCUT2D eigenvalue weighted by Gasteiger charge is 2.45. The van der Waals surface area contributed by atoms with Gasteiger partial charge in [0.2, 0.25) is 5.69 Å². The van der Waals surface area contributed by atoms with E-state index in [1.807, 2.05) is 6.08 Å². The second-order valence-electron chi connectivity index (χ2n) is 10.3. The number of hydrogen-bond donors (Lipinski definition) is 0. The summed E-state index contributed by atoms with van der Waals surface area (Å²) in [5.74, 6) is 2.53. The third-order valence-electron chi connectivity index (χ3n) is 8.29. The van der Waals surface area contributed by atoms with Crippen molar-refractivity contribution in [2.45, 2.75) is 32.2 Å². The van der Waals surface area contributed by atoms with E-state index >= 15 is 0 Å². The molecular formula is C34H35N3O+2. The molecule has 2 aliphatic rings. The van der Waals surface area contributed by atoms with E-state index < -0.39 is 0 Å². The first kappa shape index (κ1) is 24.2. The molecule has 190 valence electrons. The summed E-state index contributed by atoms with van der Waals surface area (Å²) in [7, 11) is 6.04. The normalized spacial score (nSPS) is 17.7. The predicted octanol–water partition coefficient (Wildman–Crippen LogP) is 6.59. The summed E-state index contributed by atoms with van der Waals surface area (Å²) < 4.78 is 13.0. The average molecular weight is 502 g/mol. The number of pyridine rings is 1. The molecule has 0 saturated heterocycles. The molecule has 2 aromatic carbocycles. The van der Waals surface area contributed by atoms with Crippen LogP contribution in [0, 0.1) is 6.92 Å². The molecule has 3 heterocycles. The molecule has 4 aromatic rings. The fraction of sp³-hybridized carbons (Fsp3) is 0.235. The Balaban J connectivity index is 1.62. The van der Waals surface area contributed by atoms with Crippen molar-refractivity contribution in [3.63, 3.8) is 0 Å². The fourth-order valence-corrected chi connectivity index (χ4v) is 6.64. The molecule has 0 amide bonds. The van der Waals surface area contributed by atoms with Crippen LogP contribution in [-0.4, -0.2) is 11.7 Å². The number of fused-ring (bicyclic) bond motifs is 6. The zero-order chi connectivity index (χ0) is 26.6. The highest BCUT2D eigenvalue weighted by atomic mass is 16.5. The van der Waals surface area contributed by atoms with Gasteiger partial charge in [-0.1, -0.05) is 43.0 Å². The van der Waals surface area contributed by atoms with E-state index in [0.29, 0.717) is 5.92 Å². The fourth-order valence-electron chi connectivity index (χ4n) is 6.64. The lowest BCUT2D eigenvalue weighted by atomic mass is 9.84. The van der Waals surface area contributed by atoms with Crippen LogP contribution in [0.25, 0.3) is 40.4 Å². The van der Waals surface area contributed by atoms with E-state index in [9.17, 15) is 0 Å². The highest BCUT2D eigenvalue weighted by Crippen LogP contribution is 2.54.